The molecule has 0 radical (unpaired) electrons. The Morgan fingerprint density at radius 3 is 2.29 bits per heavy atom. The number of benzene rings is 3. The van der Waals surface area contributed by atoms with E-state index in [-0.39, 0.29) is 17.3 Å². The summed E-state index contributed by atoms with van der Waals surface area (Å²) in [7, 11) is 0. The lowest BCUT2D eigenvalue weighted by atomic mass is 9.69. The van der Waals surface area contributed by atoms with Crippen molar-refractivity contribution in [1.29, 1.82) is 0 Å². The maximum atomic E-state index is 14.5. The number of hydrogen-bond donors (Lipinski definition) is 0. The second-order valence-electron chi connectivity index (χ2n) is 7.89. The summed E-state index contributed by atoms with van der Waals surface area (Å²) in [6.45, 7) is 2.00. The molecule has 0 spiro atoms. The van der Waals surface area contributed by atoms with E-state index < -0.39 is 29.7 Å². The van der Waals surface area contributed by atoms with E-state index in [1.807, 2.05) is 13.0 Å². The highest BCUT2D eigenvalue weighted by molar-refractivity contribution is 5.88. The molecule has 0 aromatic heterocycles. The maximum absolute atomic E-state index is 14.5. The molecule has 1 aliphatic rings. The van der Waals surface area contributed by atoms with Gasteiger partial charge in [-0.05, 0) is 65.5 Å². The highest BCUT2D eigenvalue weighted by Gasteiger charge is 2.36. The molecular weight excluding hydrogens is 418 g/mol. The van der Waals surface area contributed by atoms with Crippen LogP contribution < -0.4 is 4.74 Å². The zero-order valence-electron chi connectivity index (χ0n) is 16.7. The summed E-state index contributed by atoms with van der Waals surface area (Å²) in [4.78, 5) is 0. The Morgan fingerprint density at radius 2 is 1.65 bits per heavy atom. The van der Waals surface area contributed by atoms with Gasteiger partial charge >= 0.3 is 6.36 Å². The van der Waals surface area contributed by atoms with Crippen molar-refractivity contribution >= 4 is 10.8 Å². The molecule has 31 heavy (non-hydrogen) atoms. The molecule has 3 aromatic rings. The van der Waals surface area contributed by atoms with Gasteiger partial charge in [-0.25, -0.2) is 13.2 Å². The van der Waals surface area contributed by atoms with Crippen molar-refractivity contribution in [2.75, 3.05) is 0 Å². The Bertz CT molecular complexity index is 1100. The van der Waals surface area contributed by atoms with Crippen LogP contribution in [-0.2, 0) is 6.42 Å². The molecule has 7 heteroatoms. The normalized spacial score (nSPS) is 18.8. The topological polar surface area (TPSA) is 9.23 Å². The smallest absolute Gasteiger partial charge is 0.399 e. The minimum absolute atomic E-state index is 0.0525. The standard InChI is InChI=1S/C24H20F6O/c1-2-4-13-7-8-16-15-5-3-6-19(25)17(15)9-10-18(16)22(13)14-11-20(26)23(21(27)12-14)31-24(28,29)30/h3,5-6,9-13,22H,2,4,7-8H2,1H3. The quantitative estimate of drug-likeness (QED) is 0.380. The van der Waals surface area contributed by atoms with Crippen molar-refractivity contribution in [2.45, 2.75) is 44.9 Å². The summed E-state index contributed by atoms with van der Waals surface area (Å²) in [6, 6.07) is 10.1. The van der Waals surface area contributed by atoms with Gasteiger partial charge in [-0.1, -0.05) is 37.6 Å². The average molecular weight is 438 g/mol. The highest BCUT2D eigenvalue weighted by atomic mass is 19.4. The summed E-state index contributed by atoms with van der Waals surface area (Å²) in [5.41, 5.74) is 1.98. The molecule has 3 aromatic carbocycles. The van der Waals surface area contributed by atoms with E-state index in [4.69, 9.17) is 0 Å². The predicted molar refractivity (Wildman–Crippen MR) is 106 cm³/mol. The summed E-state index contributed by atoms with van der Waals surface area (Å²) in [5.74, 6) is -4.97. The minimum Gasteiger partial charge on any atom is -0.399 e. The van der Waals surface area contributed by atoms with E-state index in [2.05, 4.69) is 4.74 Å². The predicted octanol–water partition coefficient (Wildman–Crippen LogP) is 7.65. The molecule has 0 fully saturated rings. The average Bonchev–Trinajstić information content (AvgIpc) is 2.70. The fourth-order valence-electron chi connectivity index (χ4n) is 4.83. The van der Waals surface area contributed by atoms with Crippen molar-refractivity contribution in [2.24, 2.45) is 5.92 Å². The third kappa shape index (κ3) is 4.10. The van der Waals surface area contributed by atoms with Crippen LogP contribution in [0.5, 0.6) is 5.75 Å². The molecule has 164 valence electrons. The molecule has 0 N–H and O–H groups in total. The first-order valence-electron chi connectivity index (χ1n) is 10.1. The van der Waals surface area contributed by atoms with Gasteiger partial charge in [-0.3, -0.25) is 0 Å². The van der Waals surface area contributed by atoms with E-state index in [1.165, 1.54) is 6.07 Å². The summed E-state index contributed by atoms with van der Waals surface area (Å²) >= 11 is 0. The Morgan fingerprint density at radius 1 is 0.935 bits per heavy atom. The lowest BCUT2D eigenvalue weighted by molar-refractivity contribution is -0.276. The molecule has 0 aliphatic heterocycles. The molecule has 0 saturated heterocycles. The number of fused-ring (bicyclic) bond motifs is 3. The maximum Gasteiger partial charge on any atom is 0.573 e. The van der Waals surface area contributed by atoms with Gasteiger partial charge in [0.25, 0.3) is 0 Å². The van der Waals surface area contributed by atoms with Crippen molar-refractivity contribution in [3.8, 4) is 5.75 Å². The number of aryl methyl sites for hydroxylation is 1. The SMILES string of the molecule is CCCC1CCc2c(ccc3c(F)cccc23)C1c1cc(F)c(OC(F)(F)F)c(F)c1. The van der Waals surface area contributed by atoms with Crippen molar-refractivity contribution in [1.82, 2.24) is 0 Å². The van der Waals surface area contributed by atoms with Crippen LogP contribution in [0.4, 0.5) is 26.3 Å². The first-order valence-corrected chi connectivity index (χ1v) is 10.1. The molecule has 2 atom stereocenters. The third-order valence-corrected chi connectivity index (χ3v) is 5.98. The molecule has 2 unspecified atom stereocenters. The van der Waals surface area contributed by atoms with Crippen LogP contribution in [0.1, 0.15) is 48.8 Å². The van der Waals surface area contributed by atoms with Gasteiger partial charge in [0.2, 0.25) is 5.75 Å². The fourth-order valence-corrected chi connectivity index (χ4v) is 4.83. The lowest BCUT2D eigenvalue weighted by Crippen LogP contribution is -2.23. The molecule has 0 saturated carbocycles. The van der Waals surface area contributed by atoms with Gasteiger partial charge in [-0.2, -0.15) is 0 Å². The first kappa shape index (κ1) is 21.5. The van der Waals surface area contributed by atoms with E-state index in [1.54, 1.807) is 18.2 Å². The van der Waals surface area contributed by atoms with Gasteiger partial charge in [-0.15, -0.1) is 13.2 Å². The van der Waals surface area contributed by atoms with Crippen LogP contribution in [0.25, 0.3) is 10.8 Å². The van der Waals surface area contributed by atoms with Gasteiger partial charge in [0.1, 0.15) is 5.82 Å². The van der Waals surface area contributed by atoms with E-state index in [0.29, 0.717) is 11.8 Å². The first-order chi connectivity index (χ1) is 14.7. The van der Waals surface area contributed by atoms with Gasteiger partial charge in [0.05, 0.1) is 0 Å². The van der Waals surface area contributed by atoms with Crippen LogP contribution in [-0.4, -0.2) is 6.36 Å². The Kier molecular flexibility index (Phi) is 5.62. The Labute approximate surface area is 175 Å². The summed E-state index contributed by atoms with van der Waals surface area (Å²) in [6.07, 6.45) is -2.15. The number of ether oxygens (including phenoxy) is 1. The van der Waals surface area contributed by atoms with Crippen LogP contribution in [0.3, 0.4) is 0 Å². The number of alkyl halides is 3. The van der Waals surface area contributed by atoms with E-state index in [9.17, 15) is 26.3 Å². The van der Waals surface area contributed by atoms with E-state index >= 15 is 0 Å². The van der Waals surface area contributed by atoms with Crippen molar-refractivity contribution in [3.63, 3.8) is 0 Å². The molecule has 0 amide bonds. The van der Waals surface area contributed by atoms with Gasteiger partial charge < -0.3 is 4.74 Å². The number of halogens is 6. The number of rotatable bonds is 4. The molecular formula is C24H20F6O. The van der Waals surface area contributed by atoms with Crippen molar-refractivity contribution < 1.29 is 31.1 Å². The largest absolute Gasteiger partial charge is 0.573 e. The van der Waals surface area contributed by atoms with Crippen LogP contribution in [0.15, 0.2) is 42.5 Å². The van der Waals surface area contributed by atoms with Gasteiger partial charge in [0, 0.05) is 11.3 Å². The highest BCUT2D eigenvalue weighted by Crippen LogP contribution is 2.46. The van der Waals surface area contributed by atoms with Crippen LogP contribution in [0, 0.1) is 23.4 Å². The minimum atomic E-state index is -5.20. The third-order valence-electron chi connectivity index (χ3n) is 5.98. The van der Waals surface area contributed by atoms with Gasteiger partial charge in [0.15, 0.2) is 11.6 Å². The number of hydrogen-bond acceptors (Lipinski definition) is 1. The van der Waals surface area contributed by atoms with Crippen LogP contribution >= 0.6 is 0 Å². The van der Waals surface area contributed by atoms with Crippen LogP contribution in [0.2, 0.25) is 0 Å². The fraction of sp³-hybridized carbons (Fsp3) is 0.333. The second kappa shape index (κ2) is 8.09. The molecule has 4 rings (SSSR count). The summed E-state index contributed by atoms with van der Waals surface area (Å²) < 4.78 is 84.3. The molecule has 0 heterocycles. The molecule has 0 bridgehead atoms. The van der Waals surface area contributed by atoms with Crippen molar-refractivity contribution in [3.05, 3.63) is 76.6 Å². The zero-order valence-corrected chi connectivity index (χ0v) is 16.7. The lowest BCUT2D eigenvalue weighted by Gasteiger charge is -2.35. The zero-order chi connectivity index (χ0) is 22.3. The monoisotopic (exact) mass is 438 g/mol. The summed E-state index contributed by atoms with van der Waals surface area (Å²) in [5, 5.41) is 1.22. The Hall–Kier alpha value is -2.70. The second-order valence-corrected chi connectivity index (χ2v) is 7.89. The van der Waals surface area contributed by atoms with E-state index in [0.717, 1.165) is 47.9 Å². The molecule has 1 aliphatic carbocycles. The molecule has 1 nitrogen and oxygen atoms in total. The Balaban J connectivity index is 1.86.